The average molecular weight is 729 g/mol. The molecule has 4 aromatic rings. The van der Waals surface area contributed by atoms with Crippen LogP contribution in [-0.4, -0.2) is 104 Å². The number of carbonyl (C=O) groups is 2. The number of rotatable bonds is 7. The summed E-state index contributed by atoms with van der Waals surface area (Å²) in [4.78, 5) is 29.5. The first-order valence-electron chi connectivity index (χ1n) is 18.1. The molecule has 13 nitrogen and oxygen atoms in total. The zero-order valence-electron chi connectivity index (χ0n) is 29.6. The second-order valence-electron chi connectivity index (χ2n) is 13.9. The number of methoxy groups -OCH3 is 1. The van der Waals surface area contributed by atoms with Crippen molar-refractivity contribution in [2.24, 2.45) is 7.05 Å². The van der Waals surface area contributed by atoms with Crippen molar-refractivity contribution in [2.75, 3.05) is 59.7 Å². The topological polar surface area (TPSA) is 137 Å². The first kappa shape index (κ1) is 34.6. The van der Waals surface area contributed by atoms with Gasteiger partial charge in [0.05, 0.1) is 63.2 Å². The van der Waals surface area contributed by atoms with Crippen molar-refractivity contribution >= 4 is 44.6 Å². The van der Waals surface area contributed by atoms with E-state index in [2.05, 4.69) is 26.5 Å². The first-order chi connectivity index (χ1) is 25.2. The molecule has 2 aromatic carbocycles. The van der Waals surface area contributed by atoms with Gasteiger partial charge in [-0.2, -0.15) is 17.8 Å². The van der Waals surface area contributed by atoms with E-state index in [4.69, 9.17) is 14.2 Å². The largest absolute Gasteiger partial charge is 0.497 e. The Bertz CT molecular complexity index is 2170. The minimum atomic E-state index is -4.06. The van der Waals surface area contributed by atoms with Gasteiger partial charge in [-0.05, 0) is 71.9 Å². The van der Waals surface area contributed by atoms with Crippen LogP contribution in [0.4, 0.5) is 0 Å². The molecule has 1 aliphatic carbocycles. The average Bonchev–Trinajstić information content (AvgIpc) is 3.66. The lowest BCUT2D eigenvalue weighted by molar-refractivity contribution is 0.0302. The predicted octanol–water partition coefficient (Wildman–Crippen LogP) is 4.43. The highest BCUT2D eigenvalue weighted by atomic mass is 32.2. The van der Waals surface area contributed by atoms with Crippen molar-refractivity contribution in [1.82, 2.24) is 28.3 Å². The molecule has 0 radical (unpaired) electrons. The molecule has 0 atom stereocenters. The molecule has 52 heavy (non-hydrogen) atoms. The maximum absolute atomic E-state index is 14.0. The lowest BCUT2D eigenvalue weighted by Gasteiger charge is -2.27. The fraction of sp³-hybridized carbons (Fsp3) is 0.447. The number of hydrogen-bond acceptors (Lipinski definition) is 8. The van der Waals surface area contributed by atoms with Crippen LogP contribution < -0.4 is 9.46 Å². The molecule has 2 saturated heterocycles. The van der Waals surface area contributed by atoms with Crippen LogP contribution in [0.3, 0.4) is 0 Å². The van der Waals surface area contributed by atoms with Gasteiger partial charge in [0, 0.05) is 55.3 Å². The van der Waals surface area contributed by atoms with Crippen LogP contribution in [0.25, 0.3) is 33.8 Å². The number of amides is 2. The Kier molecular flexibility index (Phi) is 9.41. The van der Waals surface area contributed by atoms with Gasteiger partial charge < -0.3 is 23.7 Å². The maximum Gasteiger partial charge on any atom is 0.304 e. The third-order valence-electron chi connectivity index (χ3n) is 10.9. The standard InChI is InChI=1S/C38H44N6O7S/c1-41-35(32(23-39-41)38(46)42-12-16-50-17-13-42)28-20-27-21-29(49-2)9-11-30(27)36-34(25-6-4-3-5-7-25)31-10-8-26(22-33(31)44(36)24-28)37(45)40-52(47,48)43-14-18-51-19-15-43/h8-11,20-23,25H,3-7,12-19,24H2,1-2H3,(H,40,45). The fourth-order valence-electron chi connectivity index (χ4n) is 8.27. The summed E-state index contributed by atoms with van der Waals surface area (Å²) in [5.41, 5.74) is 7.45. The maximum atomic E-state index is 14.0. The summed E-state index contributed by atoms with van der Waals surface area (Å²) in [6.07, 6.45) is 9.35. The van der Waals surface area contributed by atoms with Crippen molar-refractivity contribution in [2.45, 2.75) is 44.6 Å². The number of hydrogen-bond donors (Lipinski definition) is 1. The van der Waals surface area contributed by atoms with E-state index in [1.54, 1.807) is 24.1 Å². The number of nitrogens with zero attached hydrogens (tertiary/aromatic N) is 5. The van der Waals surface area contributed by atoms with Crippen molar-refractivity contribution in [3.63, 3.8) is 0 Å². The van der Waals surface area contributed by atoms with Crippen molar-refractivity contribution in [3.8, 4) is 17.0 Å². The van der Waals surface area contributed by atoms with Crippen LogP contribution in [0.15, 0.2) is 42.6 Å². The Balaban J connectivity index is 1.29. The van der Waals surface area contributed by atoms with E-state index in [1.165, 1.54) is 16.3 Å². The number of benzene rings is 2. The number of morpholine rings is 2. The van der Waals surface area contributed by atoms with Gasteiger partial charge in [0.15, 0.2) is 0 Å². The third kappa shape index (κ3) is 6.31. The number of aromatic nitrogens is 3. The molecule has 3 fully saturated rings. The molecular formula is C38H44N6O7S. The number of aryl methyl sites for hydroxylation is 1. The van der Waals surface area contributed by atoms with Gasteiger partial charge in [-0.15, -0.1) is 0 Å². The Labute approximate surface area is 303 Å². The van der Waals surface area contributed by atoms with E-state index >= 15 is 0 Å². The zero-order chi connectivity index (χ0) is 36.0. The third-order valence-corrected chi connectivity index (χ3v) is 12.3. The van der Waals surface area contributed by atoms with Crippen LogP contribution in [0, 0.1) is 0 Å². The molecule has 14 heteroatoms. The van der Waals surface area contributed by atoms with E-state index in [1.807, 2.05) is 36.2 Å². The monoisotopic (exact) mass is 728 g/mol. The van der Waals surface area contributed by atoms with Gasteiger partial charge in [0.25, 0.3) is 11.8 Å². The van der Waals surface area contributed by atoms with E-state index in [0.717, 1.165) is 59.0 Å². The summed E-state index contributed by atoms with van der Waals surface area (Å²) in [6, 6.07) is 11.6. The zero-order valence-corrected chi connectivity index (χ0v) is 30.4. The summed E-state index contributed by atoms with van der Waals surface area (Å²) >= 11 is 0. The number of fused-ring (bicyclic) bond motifs is 5. The second-order valence-corrected chi connectivity index (χ2v) is 15.6. The summed E-state index contributed by atoms with van der Waals surface area (Å²) in [6.45, 7) is 3.30. The highest BCUT2D eigenvalue weighted by Crippen LogP contribution is 2.48. The molecule has 1 saturated carbocycles. The fourth-order valence-corrected chi connectivity index (χ4v) is 9.38. The summed E-state index contributed by atoms with van der Waals surface area (Å²) in [5, 5.41) is 5.61. The smallest absolute Gasteiger partial charge is 0.304 e. The number of ether oxygens (including phenoxy) is 3. The lowest BCUT2D eigenvalue weighted by atomic mass is 9.81. The number of carbonyl (C=O) groups excluding carboxylic acids is 2. The number of nitrogens with one attached hydrogen (secondary N) is 1. The second kappa shape index (κ2) is 14.1. The molecule has 0 unspecified atom stereocenters. The van der Waals surface area contributed by atoms with Crippen molar-refractivity contribution in [1.29, 1.82) is 0 Å². The lowest BCUT2D eigenvalue weighted by Crippen LogP contribution is -2.48. The SMILES string of the molecule is COc1ccc2c(c1)C=C(c1c(C(=O)N3CCOCC3)cnn1C)Cn1c-2c(C2CCCCC2)c2ccc(C(=O)NS(=O)(=O)N3CCOCC3)cc21. The normalized spacial score (nSPS) is 18.7. The molecule has 0 bridgehead atoms. The van der Waals surface area contributed by atoms with Crippen LogP contribution in [0.5, 0.6) is 5.75 Å². The Morgan fingerprint density at radius 1 is 0.923 bits per heavy atom. The van der Waals surface area contributed by atoms with Gasteiger partial charge in [-0.3, -0.25) is 14.3 Å². The molecule has 5 heterocycles. The van der Waals surface area contributed by atoms with Gasteiger partial charge in [0.2, 0.25) is 0 Å². The van der Waals surface area contributed by atoms with Gasteiger partial charge in [-0.25, -0.2) is 4.72 Å². The first-order valence-corrected chi connectivity index (χ1v) is 19.5. The summed E-state index contributed by atoms with van der Waals surface area (Å²) in [7, 11) is -0.556. The van der Waals surface area contributed by atoms with Crippen LogP contribution in [0.2, 0.25) is 0 Å². The Morgan fingerprint density at radius 2 is 1.65 bits per heavy atom. The quantitative estimate of drug-likeness (QED) is 0.295. The van der Waals surface area contributed by atoms with E-state index in [9.17, 15) is 18.0 Å². The van der Waals surface area contributed by atoms with Gasteiger partial charge >= 0.3 is 10.2 Å². The van der Waals surface area contributed by atoms with Gasteiger partial charge in [-0.1, -0.05) is 25.3 Å². The highest BCUT2D eigenvalue weighted by molar-refractivity contribution is 7.87. The molecule has 2 aromatic heterocycles. The van der Waals surface area contributed by atoms with Crippen LogP contribution >= 0.6 is 0 Å². The summed E-state index contributed by atoms with van der Waals surface area (Å²) in [5.74, 6) is 0.236. The van der Waals surface area contributed by atoms with Crippen LogP contribution in [-0.2, 0) is 33.3 Å². The van der Waals surface area contributed by atoms with E-state index < -0.39 is 16.1 Å². The van der Waals surface area contributed by atoms with Crippen molar-refractivity contribution in [3.05, 3.63) is 70.5 Å². The molecule has 8 rings (SSSR count). The Hall–Kier alpha value is -4.50. The molecule has 3 aliphatic heterocycles. The molecule has 4 aliphatic rings. The van der Waals surface area contributed by atoms with Crippen LogP contribution in [0.1, 0.15) is 75.6 Å². The Morgan fingerprint density at radius 3 is 2.38 bits per heavy atom. The number of allylic oxidation sites excluding steroid dienone is 1. The predicted molar refractivity (Wildman–Crippen MR) is 196 cm³/mol. The molecule has 2 amide bonds. The van der Waals surface area contributed by atoms with Gasteiger partial charge in [0.1, 0.15) is 5.75 Å². The molecular weight excluding hydrogens is 685 g/mol. The molecule has 1 N–H and O–H groups in total. The molecule has 274 valence electrons. The van der Waals surface area contributed by atoms with E-state index in [0.29, 0.717) is 55.8 Å². The molecule has 0 spiro atoms. The highest BCUT2D eigenvalue weighted by Gasteiger charge is 2.33. The minimum absolute atomic E-state index is 0.0941. The minimum Gasteiger partial charge on any atom is -0.497 e. The summed E-state index contributed by atoms with van der Waals surface area (Å²) < 4.78 is 50.4. The van der Waals surface area contributed by atoms with E-state index in [-0.39, 0.29) is 37.8 Å². The van der Waals surface area contributed by atoms with Crippen molar-refractivity contribution < 1.29 is 32.2 Å².